The van der Waals surface area contributed by atoms with Gasteiger partial charge in [-0.3, -0.25) is 4.90 Å². The molecule has 5 nitrogen and oxygen atoms in total. The molecular formula is C17H21FN4O. The van der Waals surface area contributed by atoms with Crippen LogP contribution in [0.25, 0.3) is 0 Å². The lowest BCUT2D eigenvalue weighted by atomic mass is 10.0. The summed E-state index contributed by atoms with van der Waals surface area (Å²) in [6, 6.07) is 7.36. The monoisotopic (exact) mass is 316 g/mol. The van der Waals surface area contributed by atoms with E-state index in [1.807, 2.05) is 12.1 Å². The first-order chi connectivity index (χ1) is 11.2. The smallest absolute Gasteiger partial charge is 0.222 e. The van der Waals surface area contributed by atoms with Crippen molar-refractivity contribution in [3.05, 3.63) is 48.0 Å². The van der Waals surface area contributed by atoms with Crippen LogP contribution in [0.4, 0.5) is 10.3 Å². The van der Waals surface area contributed by atoms with Gasteiger partial charge in [0.05, 0.1) is 7.11 Å². The van der Waals surface area contributed by atoms with Crippen molar-refractivity contribution in [2.24, 2.45) is 0 Å². The van der Waals surface area contributed by atoms with E-state index >= 15 is 0 Å². The summed E-state index contributed by atoms with van der Waals surface area (Å²) in [4.78, 5) is 10.7. The predicted octanol–water partition coefficient (Wildman–Crippen LogP) is 2.70. The number of anilines is 1. The number of hydrogen-bond acceptors (Lipinski definition) is 5. The quantitative estimate of drug-likeness (QED) is 0.919. The van der Waals surface area contributed by atoms with E-state index in [0.717, 1.165) is 38.0 Å². The van der Waals surface area contributed by atoms with Crippen LogP contribution in [0, 0.1) is 5.82 Å². The third kappa shape index (κ3) is 4.16. The van der Waals surface area contributed by atoms with Crippen molar-refractivity contribution >= 4 is 5.95 Å². The standard InChI is InChI=1S/C17H21FN4O/c1-23-16-4-3-13(11-15(16)18)12-22-9-5-14(6-10-22)21-17-19-7-2-8-20-17/h2-4,7-8,11,14H,5-6,9-10,12H2,1H3,(H,19,20,21). The summed E-state index contributed by atoms with van der Waals surface area (Å²) in [5.41, 5.74) is 0.973. The van der Waals surface area contributed by atoms with E-state index in [4.69, 9.17) is 4.74 Å². The van der Waals surface area contributed by atoms with E-state index in [1.165, 1.54) is 7.11 Å². The Kier molecular flexibility index (Phi) is 5.02. The van der Waals surface area contributed by atoms with Crippen molar-refractivity contribution < 1.29 is 9.13 Å². The fraction of sp³-hybridized carbons (Fsp3) is 0.412. The minimum absolute atomic E-state index is 0.291. The van der Waals surface area contributed by atoms with Gasteiger partial charge in [-0.05, 0) is 36.6 Å². The zero-order valence-electron chi connectivity index (χ0n) is 13.2. The predicted molar refractivity (Wildman–Crippen MR) is 86.9 cm³/mol. The summed E-state index contributed by atoms with van der Waals surface area (Å²) >= 11 is 0. The third-order valence-electron chi connectivity index (χ3n) is 4.11. The molecule has 6 heteroatoms. The molecule has 0 spiro atoms. The van der Waals surface area contributed by atoms with Gasteiger partial charge in [0.1, 0.15) is 0 Å². The third-order valence-corrected chi connectivity index (χ3v) is 4.11. The number of piperidine rings is 1. The van der Waals surface area contributed by atoms with Gasteiger partial charge in [0.25, 0.3) is 0 Å². The molecule has 0 atom stereocenters. The fourth-order valence-electron chi connectivity index (χ4n) is 2.86. The number of benzene rings is 1. The van der Waals surface area contributed by atoms with E-state index in [2.05, 4.69) is 20.2 Å². The normalized spacial score (nSPS) is 16.3. The zero-order valence-corrected chi connectivity index (χ0v) is 13.2. The average molecular weight is 316 g/mol. The largest absolute Gasteiger partial charge is 0.494 e. The van der Waals surface area contributed by atoms with E-state index in [1.54, 1.807) is 24.5 Å². The molecule has 0 bridgehead atoms. The van der Waals surface area contributed by atoms with Gasteiger partial charge in [-0.25, -0.2) is 14.4 Å². The highest BCUT2D eigenvalue weighted by molar-refractivity contribution is 5.29. The lowest BCUT2D eigenvalue weighted by molar-refractivity contribution is 0.210. The molecule has 23 heavy (non-hydrogen) atoms. The second-order valence-electron chi connectivity index (χ2n) is 5.74. The first kappa shape index (κ1) is 15.7. The maximum absolute atomic E-state index is 13.7. The maximum Gasteiger partial charge on any atom is 0.222 e. The first-order valence-electron chi connectivity index (χ1n) is 7.83. The van der Waals surface area contributed by atoms with E-state index in [0.29, 0.717) is 17.7 Å². The summed E-state index contributed by atoms with van der Waals surface area (Å²) in [7, 11) is 1.48. The van der Waals surface area contributed by atoms with Crippen LogP contribution in [0.5, 0.6) is 5.75 Å². The highest BCUT2D eigenvalue weighted by Gasteiger charge is 2.20. The van der Waals surface area contributed by atoms with Crippen molar-refractivity contribution in [1.29, 1.82) is 0 Å². The molecule has 2 heterocycles. The fourth-order valence-corrected chi connectivity index (χ4v) is 2.86. The van der Waals surface area contributed by atoms with Gasteiger partial charge in [0, 0.05) is 38.1 Å². The Labute approximate surface area is 135 Å². The SMILES string of the molecule is COc1ccc(CN2CCC(Nc3ncccn3)CC2)cc1F. The number of likely N-dealkylation sites (tertiary alicyclic amines) is 1. The number of nitrogens with one attached hydrogen (secondary N) is 1. The Morgan fingerprint density at radius 3 is 2.65 bits per heavy atom. The minimum Gasteiger partial charge on any atom is -0.494 e. The first-order valence-corrected chi connectivity index (χ1v) is 7.83. The molecule has 1 fully saturated rings. The van der Waals surface area contributed by atoms with Crippen LogP contribution in [-0.4, -0.2) is 41.1 Å². The van der Waals surface area contributed by atoms with Gasteiger partial charge in [-0.2, -0.15) is 0 Å². The number of rotatable bonds is 5. The highest BCUT2D eigenvalue weighted by atomic mass is 19.1. The highest BCUT2D eigenvalue weighted by Crippen LogP contribution is 2.20. The maximum atomic E-state index is 13.7. The summed E-state index contributed by atoms with van der Waals surface area (Å²) in [6.07, 6.45) is 5.53. The Balaban J connectivity index is 1.50. The topological polar surface area (TPSA) is 50.3 Å². The lowest BCUT2D eigenvalue weighted by Crippen LogP contribution is -2.38. The number of halogens is 1. The van der Waals surface area contributed by atoms with Crippen LogP contribution in [0.2, 0.25) is 0 Å². The number of hydrogen-bond donors (Lipinski definition) is 1. The molecule has 2 aromatic rings. The van der Waals surface area contributed by atoms with Crippen LogP contribution < -0.4 is 10.1 Å². The van der Waals surface area contributed by atoms with Gasteiger partial charge in [-0.15, -0.1) is 0 Å². The molecule has 0 aliphatic carbocycles. The molecular weight excluding hydrogens is 295 g/mol. The number of aromatic nitrogens is 2. The van der Waals surface area contributed by atoms with Crippen LogP contribution >= 0.6 is 0 Å². The van der Waals surface area contributed by atoms with Crippen LogP contribution in [0.15, 0.2) is 36.7 Å². The minimum atomic E-state index is -0.303. The van der Waals surface area contributed by atoms with Crippen LogP contribution in [-0.2, 0) is 6.54 Å². The van der Waals surface area contributed by atoms with Crippen molar-refractivity contribution in [2.45, 2.75) is 25.4 Å². The Morgan fingerprint density at radius 2 is 2.00 bits per heavy atom. The van der Waals surface area contributed by atoms with E-state index in [-0.39, 0.29) is 5.82 Å². The molecule has 0 radical (unpaired) electrons. The summed E-state index contributed by atoms with van der Waals surface area (Å²) < 4.78 is 18.7. The van der Waals surface area contributed by atoms with E-state index < -0.39 is 0 Å². The Bertz CT molecular complexity index is 630. The molecule has 1 aromatic carbocycles. The molecule has 1 N–H and O–H groups in total. The van der Waals surface area contributed by atoms with Crippen molar-refractivity contribution in [3.8, 4) is 5.75 Å². The second-order valence-corrected chi connectivity index (χ2v) is 5.74. The molecule has 122 valence electrons. The summed E-state index contributed by atoms with van der Waals surface area (Å²) in [6.45, 7) is 2.70. The van der Waals surface area contributed by atoms with Crippen LogP contribution in [0.1, 0.15) is 18.4 Å². The second kappa shape index (κ2) is 7.37. The Hall–Kier alpha value is -2.21. The molecule has 0 amide bonds. The molecule has 1 aliphatic rings. The van der Waals surface area contributed by atoms with Gasteiger partial charge < -0.3 is 10.1 Å². The summed E-state index contributed by atoms with van der Waals surface area (Å²) in [5, 5.41) is 3.36. The molecule has 1 aromatic heterocycles. The van der Waals surface area contributed by atoms with Crippen molar-refractivity contribution in [2.75, 3.05) is 25.5 Å². The zero-order chi connectivity index (χ0) is 16.1. The molecule has 1 aliphatic heterocycles. The molecule has 0 unspecified atom stereocenters. The van der Waals surface area contributed by atoms with Gasteiger partial charge >= 0.3 is 0 Å². The Morgan fingerprint density at radius 1 is 1.26 bits per heavy atom. The summed E-state index contributed by atoms with van der Waals surface area (Å²) in [5.74, 6) is 0.672. The molecule has 1 saturated heterocycles. The molecule has 0 saturated carbocycles. The molecule has 3 rings (SSSR count). The van der Waals surface area contributed by atoms with Crippen LogP contribution in [0.3, 0.4) is 0 Å². The number of methoxy groups -OCH3 is 1. The van der Waals surface area contributed by atoms with Crippen molar-refractivity contribution in [1.82, 2.24) is 14.9 Å². The van der Waals surface area contributed by atoms with E-state index in [9.17, 15) is 4.39 Å². The number of nitrogens with zero attached hydrogens (tertiary/aromatic N) is 3. The number of ether oxygens (including phenoxy) is 1. The average Bonchev–Trinajstić information content (AvgIpc) is 2.58. The van der Waals surface area contributed by atoms with Gasteiger partial charge in [-0.1, -0.05) is 6.07 Å². The van der Waals surface area contributed by atoms with Gasteiger partial charge in [0.2, 0.25) is 5.95 Å². The lowest BCUT2D eigenvalue weighted by Gasteiger charge is -2.32. The van der Waals surface area contributed by atoms with Gasteiger partial charge in [0.15, 0.2) is 11.6 Å². The van der Waals surface area contributed by atoms with Crippen molar-refractivity contribution in [3.63, 3.8) is 0 Å².